The molecule has 0 aliphatic carbocycles. The average molecular weight is 248 g/mol. The van der Waals surface area contributed by atoms with Crippen molar-refractivity contribution >= 4 is 0 Å². The van der Waals surface area contributed by atoms with E-state index in [4.69, 9.17) is 4.74 Å². The topological polar surface area (TPSA) is 24.5 Å². The lowest BCUT2D eigenvalue weighted by atomic mass is 10.2. The molecule has 3 heteroatoms. The van der Waals surface area contributed by atoms with Crippen molar-refractivity contribution < 1.29 is 4.74 Å². The molecule has 0 spiro atoms. The minimum Gasteiger partial charge on any atom is -0.497 e. The van der Waals surface area contributed by atoms with Crippen LogP contribution in [0.2, 0.25) is 0 Å². The summed E-state index contributed by atoms with van der Waals surface area (Å²) in [6, 6.07) is 8.99. The number of benzene rings is 1. The molecule has 1 saturated heterocycles. The van der Waals surface area contributed by atoms with E-state index in [1.165, 1.54) is 31.5 Å². The second-order valence-electron chi connectivity index (χ2n) is 4.91. The summed E-state index contributed by atoms with van der Waals surface area (Å²) in [5, 5.41) is 3.56. The molecule has 0 saturated carbocycles. The summed E-state index contributed by atoms with van der Waals surface area (Å²) in [5.74, 6) is 0.936. The highest BCUT2D eigenvalue weighted by atomic mass is 16.5. The third-order valence-corrected chi connectivity index (χ3v) is 3.75. The van der Waals surface area contributed by atoms with Gasteiger partial charge in [0.05, 0.1) is 7.11 Å². The number of ether oxygens (including phenoxy) is 1. The van der Waals surface area contributed by atoms with E-state index in [9.17, 15) is 0 Å². The van der Waals surface area contributed by atoms with Crippen molar-refractivity contribution in [3.05, 3.63) is 29.8 Å². The molecule has 0 amide bonds. The minimum absolute atomic E-state index is 0.723. The molecule has 1 aromatic carbocycles. The van der Waals surface area contributed by atoms with Gasteiger partial charge in [0.2, 0.25) is 0 Å². The zero-order valence-corrected chi connectivity index (χ0v) is 11.5. The highest BCUT2D eigenvalue weighted by Crippen LogP contribution is 2.16. The van der Waals surface area contributed by atoms with Crippen molar-refractivity contribution in [3.8, 4) is 5.75 Å². The summed E-state index contributed by atoms with van der Waals surface area (Å²) in [4.78, 5) is 2.57. The number of methoxy groups -OCH3 is 1. The quantitative estimate of drug-likeness (QED) is 0.836. The van der Waals surface area contributed by atoms with Gasteiger partial charge in [0.25, 0.3) is 0 Å². The summed E-state index contributed by atoms with van der Waals surface area (Å²) in [6.07, 6.45) is 2.68. The van der Waals surface area contributed by atoms with Gasteiger partial charge in [0, 0.05) is 19.1 Å². The maximum absolute atomic E-state index is 5.23. The molecule has 1 heterocycles. The number of rotatable bonds is 6. The van der Waals surface area contributed by atoms with Gasteiger partial charge in [-0.15, -0.1) is 0 Å². The van der Waals surface area contributed by atoms with E-state index in [2.05, 4.69) is 29.3 Å². The molecule has 0 bridgehead atoms. The Balaban J connectivity index is 1.77. The van der Waals surface area contributed by atoms with Crippen LogP contribution < -0.4 is 10.1 Å². The first-order valence-corrected chi connectivity index (χ1v) is 6.91. The van der Waals surface area contributed by atoms with Crippen LogP contribution in [0.3, 0.4) is 0 Å². The van der Waals surface area contributed by atoms with Crippen LogP contribution in [0.1, 0.15) is 25.3 Å². The van der Waals surface area contributed by atoms with Crippen LogP contribution in [0.5, 0.6) is 5.75 Å². The Morgan fingerprint density at radius 3 is 3.11 bits per heavy atom. The summed E-state index contributed by atoms with van der Waals surface area (Å²) in [5.41, 5.74) is 1.29. The van der Waals surface area contributed by atoms with Crippen molar-refractivity contribution in [1.29, 1.82) is 0 Å². The molecule has 0 radical (unpaired) electrons. The van der Waals surface area contributed by atoms with E-state index in [1.54, 1.807) is 7.11 Å². The largest absolute Gasteiger partial charge is 0.497 e. The number of likely N-dealkylation sites (tertiary alicyclic amines) is 1. The van der Waals surface area contributed by atoms with Crippen LogP contribution in [-0.2, 0) is 6.54 Å². The number of nitrogens with zero attached hydrogens (tertiary/aromatic N) is 1. The first kappa shape index (κ1) is 13.4. The van der Waals surface area contributed by atoms with E-state index in [0.717, 1.165) is 24.9 Å². The van der Waals surface area contributed by atoms with Crippen molar-refractivity contribution in [2.24, 2.45) is 0 Å². The highest BCUT2D eigenvalue weighted by Gasteiger charge is 2.21. The van der Waals surface area contributed by atoms with Gasteiger partial charge >= 0.3 is 0 Å². The maximum Gasteiger partial charge on any atom is 0.119 e. The Morgan fingerprint density at radius 2 is 2.33 bits per heavy atom. The van der Waals surface area contributed by atoms with Crippen LogP contribution >= 0.6 is 0 Å². The van der Waals surface area contributed by atoms with E-state index in [1.807, 2.05) is 12.1 Å². The Kier molecular flexibility index (Phi) is 5.02. The number of nitrogens with one attached hydrogen (secondary N) is 1. The second kappa shape index (κ2) is 6.76. The molecule has 0 unspecified atom stereocenters. The number of likely N-dealkylation sites (N-methyl/N-ethyl adjacent to an activating group) is 1. The molecule has 1 N–H and O–H groups in total. The smallest absolute Gasteiger partial charge is 0.119 e. The Labute approximate surface area is 110 Å². The second-order valence-corrected chi connectivity index (χ2v) is 4.91. The van der Waals surface area contributed by atoms with Gasteiger partial charge in [-0.05, 0) is 43.6 Å². The molecular weight excluding hydrogens is 224 g/mol. The third kappa shape index (κ3) is 3.47. The van der Waals surface area contributed by atoms with Crippen LogP contribution in [0.15, 0.2) is 24.3 Å². The average Bonchev–Trinajstić information content (AvgIpc) is 2.86. The van der Waals surface area contributed by atoms with Crippen molar-refractivity contribution in [1.82, 2.24) is 10.2 Å². The molecule has 1 fully saturated rings. The zero-order chi connectivity index (χ0) is 12.8. The molecule has 1 aromatic rings. The predicted molar refractivity (Wildman–Crippen MR) is 75.0 cm³/mol. The standard InChI is InChI=1S/C15H24N2O/c1-3-17-9-5-7-14(17)12-16-11-13-6-4-8-15(10-13)18-2/h4,6,8,10,14,16H,3,5,7,9,11-12H2,1-2H3/t14-/m0/s1. The van der Waals surface area contributed by atoms with Gasteiger partial charge in [-0.25, -0.2) is 0 Å². The van der Waals surface area contributed by atoms with Gasteiger partial charge in [0.15, 0.2) is 0 Å². The molecule has 3 nitrogen and oxygen atoms in total. The molecule has 2 rings (SSSR count). The highest BCUT2D eigenvalue weighted by molar-refractivity contribution is 5.28. The van der Waals surface area contributed by atoms with Crippen molar-refractivity contribution in [2.75, 3.05) is 26.7 Å². The zero-order valence-electron chi connectivity index (χ0n) is 11.5. The normalized spacial score (nSPS) is 20.2. The first-order chi connectivity index (χ1) is 8.83. The third-order valence-electron chi connectivity index (χ3n) is 3.75. The van der Waals surface area contributed by atoms with Crippen LogP contribution in [-0.4, -0.2) is 37.7 Å². The lowest BCUT2D eigenvalue weighted by Crippen LogP contribution is -2.37. The molecule has 1 aliphatic heterocycles. The molecule has 100 valence electrons. The molecule has 0 aromatic heterocycles. The van der Waals surface area contributed by atoms with Gasteiger partial charge in [0.1, 0.15) is 5.75 Å². The minimum atomic E-state index is 0.723. The van der Waals surface area contributed by atoms with Crippen molar-refractivity contribution in [3.63, 3.8) is 0 Å². The van der Waals surface area contributed by atoms with Gasteiger partial charge in [-0.3, -0.25) is 4.90 Å². The molecule has 18 heavy (non-hydrogen) atoms. The fourth-order valence-electron chi connectivity index (χ4n) is 2.71. The SMILES string of the molecule is CCN1CCC[C@H]1CNCc1cccc(OC)c1. The lowest BCUT2D eigenvalue weighted by Gasteiger charge is -2.23. The lowest BCUT2D eigenvalue weighted by molar-refractivity contribution is 0.260. The number of hydrogen-bond acceptors (Lipinski definition) is 3. The summed E-state index contributed by atoms with van der Waals surface area (Å²) >= 11 is 0. The fourth-order valence-corrected chi connectivity index (χ4v) is 2.71. The maximum atomic E-state index is 5.23. The van der Waals surface area contributed by atoms with E-state index < -0.39 is 0 Å². The van der Waals surface area contributed by atoms with E-state index in [-0.39, 0.29) is 0 Å². The van der Waals surface area contributed by atoms with Gasteiger partial charge in [-0.1, -0.05) is 19.1 Å². The first-order valence-electron chi connectivity index (χ1n) is 6.91. The summed E-state index contributed by atoms with van der Waals surface area (Å²) < 4.78 is 5.23. The molecular formula is C15H24N2O. The van der Waals surface area contributed by atoms with Crippen LogP contribution in [0, 0.1) is 0 Å². The Hall–Kier alpha value is -1.06. The van der Waals surface area contributed by atoms with Gasteiger partial charge < -0.3 is 10.1 Å². The fraction of sp³-hybridized carbons (Fsp3) is 0.600. The van der Waals surface area contributed by atoms with Crippen molar-refractivity contribution in [2.45, 2.75) is 32.4 Å². The monoisotopic (exact) mass is 248 g/mol. The van der Waals surface area contributed by atoms with Crippen LogP contribution in [0.4, 0.5) is 0 Å². The predicted octanol–water partition coefficient (Wildman–Crippen LogP) is 2.27. The van der Waals surface area contributed by atoms with E-state index in [0.29, 0.717) is 0 Å². The number of hydrogen-bond donors (Lipinski definition) is 1. The summed E-state index contributed by atoms with van der Waals surface area (Å²) in [7, 11) is 1.71. The molecule has 1 aliphatic rings. The molecule has 1 atom stereocenters. The Morgan fingerprint density at radius 1 is 1.44 bits per heavy atom. The van der Waals surface area contributed by atoms with Gasteiger partial charge in [-0.2, -0.15) is 0 Å². The van der Waals surface area contributed by atoms with Crippen LogP contribution in [0.25, 0.3) is 0 Å². The summed E-state index contributed by atoms with van der Waals surface area (Å²) in [6.45, 7) is 6.70. The Bertz CT molecular complexity index is 367. The van der Waals surface area contributed by atoms with E-state index >= 15 is 0 Å².